The molecule has 4 N–H and O–H groups in total. The van der Waals surface area contributed by atoms with Gasteiger partial charge in [0.25, 0.3) is 0 Å². The predicted molar refractivity (Wildman–Crippen MR) is 78.1 cm³/mol. The van der Waals surface area contributed by atoms with Gasteiger partial charge in [-0.2, -0.15) is 0 Å². The number of hydrogen-bond donors (Lipinski definition) is 3. The summed E-state index contributed by atoms with van der Waals surface area (Å²) in [5, 5.41) is 4.67. The van der Waals surface area contributed by atoms with Crippen molar-refractivity contribution in [1.29, 1.82) is 0 Å². The van der Waals surface area contributed by atoms with Crippen molar-refractivity contribution >= 4 is 23.3 Å². The van der Waals surface area contributed by atoms with E-state index in [1.807, 2.05) is 6.20 Å². The van der Waals surface area contributed by atoms with Crippen molar-refractivity contribution in [2.75, 3.05) is 13.1 Å². The summed E-state index contributed by atoms with van der Waals surface area (Å²) in [5.41, 5.74) is 8.93. The minimum Gasteiger partial charge on any atom is -0.361 e. The molecule has 0 spiro atoms. The van der Waals surface area contributed by atoms with E-state index in [-0.39, 0.29) is 18.4 Å². The van der Waals surface area contributed by atoms with E-state index in [9.17, 15) is 0 Å². The molecule has 1 fully saturated rings. The molecule has 3 nitrogen and oxygen atoms in total. The number of fused-ring (bicyclic) bond motifs is 1. The fraction of sp³-hybridized carbons (Fsp3) is 0.429. The number of rotatable bonds is 2. The minimum atomic E-state index is 0. The van der Waals surface area contributed by atoms with Crippen molar-refractivity contribution in [1.82, 2.24) is 10.3 Å². The molecule has 1 saturated heterocycles. The second-order valence-electron chi connectivity index (χ2n) is 4.90. The molecule has 1 atom stereocenters. The smallest absolute Gasteiger partial charge is 0.0457 e. The molecule has 1 aromatic carbocycles. The maximum Gasteiger partial charge on any atom is 0.0457 e. The molecule has 0 radical (unpaired) electrons. The van der Waals surface area contributed by atoms with Crippen molar-refractivity contribution in [3.05, 3.63) is 36.0 Å². The Morgan fingerprint density at radius 1 is 1.17 bits per heavy atom. The summed E-state index contributed by atoms with van der Waals surface area (Å²) in [6.07, 6.45) is 4.35. The molecule has 4 heteroatoms. The highest BCUT2D eigenvalue weighted by molar-refractivity contribution is 5.85. The molecule has 0 aliphatic carbocycles. The Morgan fingerprint density at radius 3 is 2.72 bits per heavy atom. The largest absolute Gasteiger partial charge is 0.361 e. The van der Waals surface area contributed by atoms with E-state index in [1.165, 1.54) is 29.3 Å². The van der Waals surface area contributed by atoms with Gasteiger partial charge in [0.15, 0.2) is 0 Å². The van der Waals surface area contributed by atoms with Gasteiger partial charge in [-0.15, -0.1) is 12.4 Å². The summed E-state index contributed by atoms with van der Waals surface area (Å²) < 4.78 is 0. The summed E-state index contributed by atoms with van der Waals surface area (Å²) in [4.78, 5) is 3.25. The number of nitrogens with one attached hydrogen (secondary N) is 2. The summed E-state index contributed by atoms with van der Waals surface area (Å²) >= 11 is 0. The van der Waals surface area contributed by atoms with E-state index in [2.05, 4.69) is 34.6 Å². The number of aromatic nitrogens is 1. The molecule has 1 aliphatic rings. The van der Waals surface area contributed by atoms with Crippen LogP contribution in [-0.4, -0.2) is 18.1 Å². The molecule has 1 aromatic heterocycles. The summed E-state index contributed by atoms with van der Waals surface area (Å²) in [6.45, 7) is 2.20. The van der Waals surface area contributed by atoms with E-state index in [4.69, 9.17) is 5.73 Å². The first-order chi connectivity index (χ1) is 8.36. The third-order valence-electron chi connectivity index (χ3n) is 3.88. The SMILES string of the molecule is Cl.N[C@@H](c1cccc2[nH]ccc12)C1CCNCC1. The van der Waals surface area contributed by atoms with Gasteiger partial charge in [0.2, 0.25) is 0 Å². The third-order valence-corrected chi connectivity index (χ3v) is 3.88. The van der Waals surface area contributed by atoms with Gasteiger partial charge >= 0.3 is 0 Å². The highest BCUT2D eigenvalue weighted by Gasteiger charge is 2.22. The molecule has 0 bridgehead atoms. The van der Waals surface area contributed by atoms with Crippen LogP contribution in [0.3, 0.4) is 0 Å². The number of hydrogen-bond acceptors (Lipinski definition) is 2. The third kappa shape index (κ3) is 2.39. The van der Waals surface area contributed by atoms with Crippen molar-refractivity contribution in [2.24, 2.45) is 11.7 Å². The van der Waals surface area contributed by atoms with E-state index in [0.717, 1.165) is 13.1 Å². The molecule has 2 aromatic rings. The fourth-order valence-electron chi connectivity index (χ4n) is 2.86. The van der Waals surface area contributed by atoms with Gasteiger partial charge < -0.3 is 16.0 Å². The molecule has 3 rings (SSSR count). The van der Waals surface area contributed by atoms with E-state index < -0.39 is 0 Å². The molecular weight excluding hydrogens is 246 g/mol. The van der Waals surface area contributed by atoms with Crippen LogP contribution in [0.1, 0.15) is 24.4 Å². The van der Waals surface area contributed by atoms with Crippen LogP contribution in [0.25, 0.3) is 10.9 Å². The van der Waals surface area contributed by atoms with E-state index in [1.54, 1.807) is 0 Å². The van der Waals surface area contributed by atoms with Crippen LogP contribution in [-0.2, 0) is 0 Å². The van der Waals surface area contributed by atoms with Crippen molar-refractivity contribution in [3.63, 3.8) is 0 Å². The molecule has 0 unspecified atom stereocenters. The number of halogens is 1. The monoisotopic (exact) mass is 265 g/mol. The van der Waals surface area contributed by atoms with Crippen LogP contribution in [0.5, 0.6) is 0 Å². The van der Waals surface area contributed by atoms with Crippen molar-refractivity contribution in [2.45, 2.75) is 18.9 Å². The lowest BCUT2D eigenvalue weighted by Crippen LogP contribution is -2.33. The molecule has 2 heterocycles. The Hall–Kier alpha value is -1.03. The second-order valence-corrected chi connectivity index (χ2v) is 4.90. The first-order valence-electron chi connectivity index (χ1n) is 6.38. The first-order valence-corrected chi connectivity index (χ1v) is 6.38. The average Bonchev–Trinajstić information content (AvgIpc) is 2.87. The Morgan fingerprint density at radius 2 is 1.94 bits per heavy atom. The molecule has 0 amide bonds. The molecule has 0 saturated carbocycles. The zero-order valence-corrected chi connectivity index (χ0v) is 11.2. The Labute approximate surface area is 114 Å². The lowest BCUT2D eigenvalue weighted by molar-refractivity contribution is 0.323. The molecule has 18 heavy (non-hydrogen) atoms. The molecule has 98 valence electrons. The highest BCUT2D eigenvalue weighted by Crippen LogP contribution is 2.31. The van der Waals surface area contributed by atoms with Gasteiger partial charge in [0, 0.05) is 23.1 Å². The van der Waals surface area contributed by atoms with Gasteiger partial charge in [-0.25, -0.2) is 0 Å². The normalized spacial score (nSPS) is 18.5. The number of piperidine rings is 1. The van der Waals surface area contributed by atoms with Gasteiger partial charge in [0.1, 0.15) is 0 Å². The first kappa shape index (κ1) is 13.4. The fourth-order valence-corrected chi connectivity index (χ4v) is 2.86. The van der Waals surface area contributed by atoms with Gasteiger partial charge in [-0.1, -0.05) is 12.1 Å². The maximum atomic E-state index is 6.45. The molecular formula is C14H20ClN3. The maximum absolute atomic E-state index is 6.45. The number of aromatic amines is 1. The zero-order valence-electron chi connectivity index (χ0n) is 10.4. The standard InChI is InChI=1S/C14H19N3.ClH/c15-14(10-4-7-16-8-5-10)12-2-1-3-13-11(12)6-9-17-13;/h1-3,6,9-10,14,16-17H,4-5,7-8,15H2;1H/t14-;/m1./s1. The van der Waals surface area contributed by atoms with Crippen LogP contribution in [0.15, 0.2) is 30.5 Å². The summed E-state index contributed by atoms with van der Waals surface area (Å²) in [5.74, 6) is 0.608. The van der Waals surface area contributed by atoms with E-state index >= 15 is 0 Å². The quantitative estimate of drug-likeness (QED) is 0.782. The van der Waals surface area contributed by atoms with Crippen LogP contribution in [0.2, 0.25) is 0 Å². The minimum absolute atomic E-state index is 0. The average molecular weight is 266 g/mol. The Kier molecular flexibility index (Phi) is 4.27. The van der Waals surface area contributed by atoms with Crippen molar-refractivity contribution in [3.8, 4) is 0 Å². The number of nitrogens with two attached hydrogens (primary N) is 1. The lowest BCUT2D eigenvalue weighted by atomic mass is 9.85. The molecule has 1 aliphatic heterocycles. The lowest BCUT2D eigenvalue weighted by Gasteiger charge is -2.28. The topological polar surface area (TPSA) is 53.8 Å². The van der Waals surface area contributed by atoms with E-state index in [0.29, 0.717) is 5.92 Å². The van der Waals surface area contributed by atoms with Crippen LogP contribution in [0, 0.1) is 5.92 Å². The van der Waals surface area contributed by atoms with Crippen LogP contribution in [0.4, 0.5) is 0 Å². The van der Waals surface area contributed by atoms with Gasteiger partial charge in [0.05, 0.1) is 0 Å². The summed E-state index contributed by atoms with van der Waals surface area (Å²) in [7, 11) is 0. The predicted octanol–water partition coefficient (Wildman–Crippen LogP) is 2.59. The Bertz CT molecular complexity index is 502. The van der Waals surface area contributed by atoms with Gasteiger partial charge in [-0.3, -0.25) is 0 Å². The summed E-state index contributed by atoms with van der Waals surface area (Å²) in [6, 6.07) is 8.66. The highest BCUT2D eigenvalue weighted by atomic mass is 35.5. The van der Waals surface area contributed by atoms with Crippen LogP contribution >= 0.6 is 12.4 Å². The second kappa shape index (κ2) is 5.74. The Balaban J connectivity index is 0.00000120. The zero-order chi connectivity index (χ0) is 11.7. The van der Waals surface area contributed by atoms with Crippen LogP contribution < -0.4 is 11.1 Å². The van der Waals surface area contributed by atoms with Crippen molar-refractivity contribution < 1.29 is 0 Å². The number of benzene rings is 1. The van der Waals surface area contributed by atoms with Gasteiger partial charge in [-0.05, 0) is 49.5 Å². The number of H-pyrrole nitrogens is 1.